The van der Waals surface area contributed by atoms with E-state index in [1.165, 1.54) is 31.2 Å². The summed E-state index contributed by atoms with van der Waals surface area (Å²) < 4.78 is 5.65. The standard InChI is InChI=1S/C18H23NO/c1-14(15-8-5-6-9-15)19-18(17-12-7-13-20-17)16-10-3-2-4-11-16/h2-4,7,10-15,18-19H,5-6,8-9H2,1H3/t14-,18?/m0/s1. The van der Waals surface area contributed by atoms with E-state index in [1.807, 2.05) is 6.07 Å². The smallest absolute Gasteiger partial charge is 0.125 e. The van der Waals surface area contributed by atoms with Crippen LogP contribution in [-0.4, -0.2) is 6.04 Å². The molecule has 0 aliphatic heterocycles. The van der Waals surface area contributed by atoms with Gasteiger partial charge in [0.2, 0.25) is 0 Å². The summed E-state index contributed by atoms with van der Waals surface area (Å²) in [4.78, 5) is 0. The van der Waals surface area contributed by atoms with Gasteiger partial charge in [-0.2, -0.15) is 0 Å². The molecule has 1 aromatic carbocycles. The van der Waals surface area contributed by atoms with Crippen molar-refractivity contribution in [1.82, 2.24) is 5.32 Å². The maximum Gasteiger partial charge on any atom is 0.125 e. The molecule has 3 rings (SSSR count). The molecule has 106 valence electrons. The fourth-order valence-electron chi connectivity index (χ4n) is 3.30. The number of nitrogens with one attached hydrogen (secondary N) is 1. The second-order valence-corrected chi connectivity index (χ2v) is 5.86. The highest BCUT2D eigenvalue weighted by molar-refractivity contribution is 5.26. The summed E-state index contributed by atoms with van der Waals surface area (Å²) in [6.07, 6.45) is 7.23. The molecule has 1 fully saturated rings. The van der Waals surface area contributed by atoms with Crippen LogP contribution in [0.3, 0.4) is 0 Å². The molecule has 20 heavy (non-hydrogen) atoms. The normalized spacial score (nSPS) is 19.1. The number of furan rings is 1. The molecule has 0 bridgehead atoms. The minimum atomic E-state index is 0.154. The first-order valence-electron chi connectivity index (χ1n) is 7.69. The minimum absolute atomic E-state index is 0.154. The van der Waals surface area contributed by atoms with Gasteiger partial charge in [-0.05, 0) is 43.4 Å². The molecule has 0 radical (unpaired) electrons. The molecule has 1 heterocycles. The topological polar surface area (TPSA) is 25.2 Å². The summed E-state index contributed by atoms with van der Waals surface area (Å²) in [7, 11) is 0. The van der Waals surface area contributed by atoms with Crippen LogP contribution < -0.4 is 5.32 Å². The zero-order valence-electron chi connectivity index (χ0n) is 12.1. The molecule has 1 unspecified atom stereocenters. The van der Waals surface area contributed by atoms with E-state index in [9.17, 15) is 0 Å². The first-order chi connectivity index (χ1) is 9.84. The predicted octanol–water partition coefficient (Wildman–Crippen LogP) is 4.54. The number of rotatable bonds is 5. The highest BCUT2D eigenvalue weighted by atomic mass is 16.3. The fraction of sp³-hybridized carbons (Fsp3) is 0.444. The van der Waals surface area contributed by atoms with Gasteiger partial charge in [0, 0.05) is 6.04 Å². The summed E-state index contributed by atoms with van der Waals surface area (Å²) in [6, 6.07) is 15.3. The molecule has 2 aromatic rings. The number of benzene rings is 1. The summed E-state index contributed by atoms with van der Waals surface area (Å²) in [5, 5.41) is 3.78. The van der Waals surface area contributed by atoms with E-state index in [0.717, 1.165) is 11.7 Å². The molecule has 1 aromatic heterocycles. The van der Waals surface area contributed by atoms with Crippen molar-refractivity contribution in [2.75, 3.05) is 0 Å². The molecule has 1 aliphatic rings. The Bertz CT molecular complexity index is 499. The van der Waals surface area contributed by atoms with Crippen molar-refractivity contribution in [3.05, 3.63) is 60.1 Å². The third kappa shape index (κ3) is 2.96. The van der Waals surface area contributed by atoms with Gasteiger partial charge in [0.15, 0.2) is 0 Å². The quantitative estimate of drug-likeness (QED) is 0.862. The van der Waals surface area contributed by atoms with Gasteiger partial charge in [-0.15, -0.1) is 0 Å². The Balaban J connectivity index is 1.79. The molecule has 2 atom stereocenters. The molecule has 0 saturated heterocycles. The van der Waals surface area contributed by atoms with Crippen LogP contribution in [0.2, 0.25) is 0 Å². The van der Waals surface area contributed by atoms with Gasteiger partial charge in [0.05, 0.1) is 12.3 Å². The number of hydrogen-bond donors (Lipinski definition) is 1. The van der Waals surface area contributed by atoms with Crippen molar-refractivity contribution in [3.8, 4) is 0 Å². The van der Waals surface area contributed by atoms with E-state index in [2.05, 4.69) is 48.6 Å². The Labute approximate surface area is 121 Å². The Morgan fingerprint density at radius 2 is 1.80 bits per heavy atom. The third-order valence-corrected chi connectivity index (χ3v) is 4.50. The lowest BCUT2D eigenvalue weighted by atomic mass is 9.96. The summed E-state index contributed by atoms with van der Waals surface area (Å²) in [5.74, 6) is 1.80. The Morgan fingerprint density at radius 1 is 1.05 bits per heavy atom. The third-order valence-electron chi connectivity index (χ3n) is 4.50. The number of hydrogen-bond acceptors (Lipinski definition) is 2. The predicted molar refractivity (Wildman–Crippen MR) is 81.5 cm³/mol. The van der Waals surface area contributed by atoms with E-state index in [1.54, 1.807) is 6.26 Å². The van der Waals surface area contributed by atoms with Crippen LogP contribution in [0.5, 0.6) is 0 Å². The van der Waals surface area contributed by atoms with Crippen molar-refractivity contribution in [2.24, 2.45) is 5.92 Å². The highest BCUT2D eigenvalue weighted by Gasteiger charge is 2.25. The molecular weight excluding hydrogens is 246 g/mol. The van der Waals surface area contributed by atoms with Crippen LogP contribution >= 0.6 is 0 Å². The molecule has 2 heteroatoms. The van der Waals surface area contributed by atoms with Crippen LogP contribution in [-0.2, 0) is 0 Å². The largest absolute Gasteiger partial charge is 0.467 e. The van der Waals surface area contributed by atoms with E-state index in [4.69, 9.17) is 4.42 Å². The lowest BCUT2D eigenvalue weighted by Crippen LogP contribution is -2.35. The van der Waals surface area contributed by atoms with Crippen molar-refractivity contribution in [3.63, 3.8) is 0 Å². The van der Waals surface area contributed by atoms with Gasteiger partial charge in [-0.25, -0.2) is 0 Å². The molecular formula is C18H23NO. The average molecular weight is 269 g/mol. The van der Waals surface area contributed by atoms with Crippen LogP contribution in [0.15, 0.2) is 53.1 Å². The first-order valence-corrected chi connectivity index (χ1v) is 7.69. The van der Waals surface area contributed by atoms with Crippen molar-refractivity contribution in [1.29, 1.82) is 0 Å². The maximum absolute atomic E-state index is 5.65. The lowest BCUT2D eigenvalue weighted by Gasteiger charge is -2.26. The average Bonchev–Trinajstić information content (AvgIpc) is 3.18. The molecule has 2 nitrogen and oxygen atoms in total. The van der Waals surface area contributed by atoms with Gasteiger partial charge in [0.1, 0.15) is 5.76 Å². The molecule has 0 amide bonds. The molecule has 1 saturated carbocycles. The summed E-state index contributed by atoms with van der Waals surface area (Å²) >= 11 is 0. The van der Waals surface area contributed by atoms with E-state index < -0.39 is 0 Å². The second-order valence-electron chi connectivity index (χ2n) is 5.86. The van der Waals surface area contributed by atoms with Gasteiger partial charge in [-0.3, -0.25) is 0 Å². The van der Waals surface area contributed by atoms with Crippen LogP contribution in [0.4, 0.5) is 0 Å². The first kappa shape index (κ1) is 13.4. The highest BCUT2D eigenvalue weighted by Crippen LogP contribution is 2.30. The van der Waals surface area contributed by atoms with Crippen molar-refractivity contribution >= 4 is 0 Å². The van der Waals surface area contributed by atoms with Gasteiger partial charge < -0.3 is 9.73 Å². The van der Waals surface area contributed by atoms with Crippen LogP contribution in [0.1, 0.15) is 50.0 Å². The molecule has 1 aliphatic carbocycles. The Hall–Kier alpha value is -1.54. The van der Waals surface area contributed by atoms with Crippen molar-refractivity contribution < 1.29 is 4.42 Å². The van der Waals surface area contributed by atoms with Gasteiger partial charge >= 0.3 is 0 Å². The van der Waals surface area contributed by atoms with Crippen LogP contribution in [0, 0.1) is 5.92 Å². The maximum atomic E-state index is 5.65. The molecule has 1 N–H and O–H groups in total. The van der Waals surface area contributed by atoms with E-state index in [-0.39, 0.29) is 6.04 Å². The zero-order valence-corrected chi connectivity index (χ0v) is 12.1. The van der Waals surface area contributed by atoms with E-state index >= 15 is 0 Å². The summed E-state index contributed by atoms with van der Waals surface area (Å²) in [5.41, 5.74) is 1.27. The minimum Gasteiger partial charge on any atom is -0.467 e. The Morgan fingerprint density at radius 3 is 2.45 bits per heavy atom. The summed E-state index contributed by atoms with van der Waals surface area (Å²) in [6.45, 7) is 2.31. The fourth-order valence-corrected chi connectivity index (χ4v) is 3.30. The Kier molecular flexibility index (Phi) is 4.22. The second kappa shape index (κ2) is 6.27. The SMILES string of the molecule is C[C@H](NC(c1ccccc1)c1ccco1)C1CCCC1. The lowest BCUT2D eigenvalue weighted by molar-refractivity contribution is 0.337. The van der Waals surface area contributed by atoms with Crippen molar-refractivity contribution in [2.45, 2.75) is 44.7 Å². The van der Waals surface area contributed by atoms with Crippen LogP contribution in [0.25, 0.3) is 0 Å². The molecule has 0 spiro atoms. The van der Waals surface area contributed by atoms with Gasteiger partial charge in [0.25, 0.3) is 0 Å². The van der Waals surface area contributed by atoms with Gasteiger partial charge in [-0.1, -0.05) is 43.2 Å². The van der Waals surface area contributed by atoms with E-state index in [0.29, 0.717) is 6.04 Å². The monoisotopic (exact) mass is 269 g/mol. The zero-order chi connectivity index (χ0) is 13.8.